The van der Waals surface area contributed by atoms with Crippen molar-refractivity contribution in [2.24, 2.45) is 0 Å². The van der Waals surface area contributed by atoms with Gasteiger partial charge in [-0.15, -0.1) is 11.3 Å². The minimum absolute atomic E-state index is 0.589. The number of nitrogens with one attached hydrogen (secondary N) is 1. The summed E-state index contributed by atoms with van der Waals surface area (Å²) in [6.45, 7) is 0.780. The number of nitrogens with two attached hydrogens (primary N) is 1. The van der Waals surface area contributed by atoms with Crippen LogP contribution in [0.2, 0.25) is 5.02 Å². The Balaban J connectivity index is 2.08. The van der Waals surface area contributed by atoms with E-state index in [1.165, 1.54) is 4.88 Å². The molecule has 1 aromatic heterocycles. The van der Waals surface area contributed by atoms with Crippen molar-refractivity contribution in [1.29, 1.82) is 0 Å². The van der Waals surface area contributed by atoms with Gasteiger partial charge in [-0.2, -0.15) is 0 Å². The first-order valence-corrected chi connectivity index (χ1v) is 5.83. The summed E-state index contributed by atoms with van der Waals surface area (Å²) in [6.07, 6.45) is 0. The highest BCUT2D eigenvalue weighted by Gasteiger charge is 2.02. The predicted octanol–water partition coefficient (Wildman–Crippen LogP) is 3.60. The third kappa shape index (κ3) is 2.43. The molecule has 2 rings (SSSR count). The fourth-order valence-electron chi connectivity index (χ4n) is 1.29. The number of hydrogen-bond donors (Lipinski definition) is 2. The summed E-state index contributed by atoms with van der Waals surface area (Å²) in [5.74, 6) is 0. The molecule has 0 unspecified atom stereocenters. The van der Waals surface area contributed by atoms with Crippen LogP contribution in [0, 0.1) is 0 Å². The average Bonchev–Trinajstić information content (AvgIpc) is 2.73. The number of thiophene rings is 1. The Bertz CT molecular complexity index is 440. The maximum absolute atomic E-state index is 5.91. The summed E-state index contributed by atoms with van der Waals surface area (Å²) < 4.78 is 0. The molecular formula is C11H11ClN2S. The smallest absolute Gasteiger partial charge is 0.0739 e. The second-order valence-electron chi connectivity index (χ2n) is 3.13. The number of halogens is 1. The van der Waals surface area contributed by atoms with Crippen molar-refractivity contribution < 1.29 is 0 Å². The number of para-hydroxylation sites is 1. The lowest BCUT2D eigenvalue weighted by Gasteiger charge is -2.08. The van der Waals surface area contributed by atoms with Gasteiger partial charge in [0.1, 0.15) is 0 Å². The van der Waals surface area contributed by atoms with Crippen LogP contribution in [0.4, 0.5) is 11.4 Å². The highest BCUT2D eigenvalue weighted by atomic mass is 35.5. The number of rotatable bonds is 3. The Kier molecular flexibility index (Phi) is 3.14. The summed E-state index contributed by atoms with van der Waals surface area (Å²) in [7, 11) is 0. The van der Waals surface area contributed by atoms with E-state index in [9.17, 15) is 0 Å². The topological polar surface area (TPSA) is 38.0 Å². The largest absolute Gasteiger partial charge is 0.396 e. The highest BCUT2D eigenvalue weighted by molar-refractivity contribution is 7.09. The summed E-state index contributed by atoms with van der Waals surface area (Å²) in [6, 6.07) is 9.71. The van der Waals surface area contributed by atoms with Gasteiger partial charge >= 0.3 is 0 Å². The first-order valence-electron chi connectivity index (χ1n) is 4.57. The lowest BCUT2D eigenvalue weighted by molar-refractivity contribution is 1.19. The molecule has 0 aliphatic carbocycles. The highest BCUT2D eigenvalue weighted by Crippen LogP contribution is 2.27. The van der Waals surface area contributed by atoms with E-state index < -0.39 is 0 Å². The fraction of sp³-hybridized carbons (Fsp3) is 0.0909. The van der Waals surface area contributed by atoms with Crippen molar-refractivity contribution in [2.75, 3.05) is 11.1 Å². The molecule has 0 aliphatic heterocycles. The van der Waals surface area contributed by atoms with E-state index in [0.29, 0.717) is 10.7 Å². The molecule has 0 radical (unpaired) electrons. The summed E-state index contributed by atoms with van der Waals surface area (Å²) in [5.41, 5.74) is 7.32. The second-order valence-corrected chi connectivity index (χ2v) is 4.57. The number of nitrogen functional groups attached to an aromatic ring is 1. The lowest BCUT2D eigenvalue weighted by Crippen LogP contribution is -2.01. The van der Waals surface area contributed by atoms with E-state index in [0.717, 1.165) is 12.2 Å². The molecule has 1 aromatic carbocycles. The van der Waals surface area contributed by atoms with Crippen LogP contribution in [0.5, 0.6) is 0 Å². The number of benzene rings is 1. The molecule has 0 aliphatic rings. The van der Waals surface area contributed by atoms with Gasteiger partial charge in [0.2, 0.25) is 0 Å². The van der Waals surface area contributed by atoms with Gasteiger partial charge in [0.15, 0.2) is 0 Å². The van der Waals surface area contributed by atoms with E-state index in [1.54, 1.807) is 17.4 Å². The molecule has 78 valence electrons. The molecule has 2 aromatic rings. The monoisotopic (exact) mass is 238 g/mol. The first kappa shape index (κ1) is 10.3. The van der Waals surface area contributed by atoms with Crippen LogP contribution in [0.1, 0.15) is 4.88 Å². The maximum atomic E-state index is 5.91. The molecular weight excluding hydrogens is 228 g/mol. The Morgan fingerprint density at radius 2 is 2.13 bits per heavy atom. The molecule has 2 nitrogen and oxygen atoms in total. The normalized spacial score (nSPS) is 10.2. The van der Waals surface area contributed by atoms with Crippen molar-refractivity contribution in [3.63, 3.8) is 0 Å². The van der Waals surface area contributed by atoms with E-state index in [1.807, 2.05) is 18.2 Å². The molecule has 0 spiro atoms. The lowest BCUT2D eigenvalue weighted by atomic mass is 10.2. The van der Waals surface area contributed by atoms with Crippen molar-refractivity contribution in [3.8, 4) is 0 Å². The predicted molar refractivity (Wildman–Crippen MR) is 67.5 cm³/mol. The molecule has 0 saturated carbocycles. The van der Waals surface area contributed by atoms with Crippen LogP contribution in [-0.4, -0.2) is 0 Å². The standard InChI is InChI=1S/C11H11ClN2S/c12-9-4-1-5-10(11(9)13)14-7-8-3-2-6-15-8/h1-6,14H,7,13H2. The van der Waals surface area contributed by atoms with Gasteiger partial charge in [-0.1, -0.05) is 23.7 Å². The zero-order valence-corrected chi connectivity index (χ0v) is 9.61. The van der Waals surface area contributed by atoms with E-state index in [4.69, 9.17) is 17.3 Å². The summed E-state index contributed by atoms with van der Waals surface area (Å²) in [4.78, 5) is 1.27. The minimum atomic E-state index is 0.589. The Morgan fingerprint density at radius 1 is 1.27 bits per heavy atom. The van der Waals surface area contributed by atoms with Gasteiger partial charge in [-0.25, -0.2) is 0 Å². The zero-order valence-electron chi connectivity index (χ0n) is 8.03. The Hall–Kier alpha value is -1.19. The van der Waals surface area contributed by atoms with Crippen LogP contribution in [0.15, 0.2) is 35.7 Å². The molecule has 4 heteroatoms. The molecule has 15 heavy (non-hydrogen) atoms. The van der Waals surface area contributed by atoms with Gasteiger partial charge in [0, 0.05) is 11.4 Å². The van der Waals surface area contributed by atoms with Crippen LogP contribution in [0.3, 0.4) is 0 Å². The molecule has 3 N–H and O–H groups in total. The molecule has 0 fully saturated rings. The van der Waals surface area contributed by atoms with E-state index in [-0.39, 0.29) is 0 Å². The van der Waals surface area contributed by atoms with Gasteiger partial charge in [0.05, 0.1) is 16.4 Å². The fourth-order valence-corrected chi connectivity index (χ4v) is 2.11. The second kappa shape index (κ2) is 4.55. The Labute approximate surface area is 97.7 Å². The molecule has 0 amide bonds. The summed E-state index contributed by atoms with van der Waals surface area (Å²) >= 11 is 7.63. The van der Waals surface area contributed by atoms with Crippen molar-refractivity contribution in [1.82, 2.24) is 0 Å². The third-order valence-corrected chi connectivity index (χ3v) is 3.29. The first-order chi connectivity index (χ1) is 7.27. The van der Waals surface area contributed by atoms with Crippen LogP contribution >= 0.6 is 22.9 Å². The van der Waals surface area contributed by atoms with Crippen molar-refractivity contribution in [3.05, 3.63) is 45.6 Å². The van der Waals surface area contributed by atoms with E-state index >= 15 is 0 Å². The molecule has 1 heterocycles. The summed E-state index contributed by atoms with van der Waals surface area (Å²) in [5, 5.41) is 5.90. The number of hydrogen-bond acceptors (Lipinski definition) is 3. The average molecular weight is 239 g/mol. The third-order valence-electron chi connectivity index (χ3n) is 2.09. The maximum Gasteiger partial charge on any atom is 0.0739 e. The quantitative estimate of drug-likeness (QED) is 0.802. The molecule has 0 bridgehead atoms. The minimum Gasteiger partial charge on any atom is -0.396 e. The number of anilines is 2. The van der Waals surface area contributed by atoms with Crippen LogP contribution in [0.25, 0.3) is 0 Å². The van der Waals surface area contributed by atoms with Gasteiger partial charge < -0.3 is 11.1 Å². The SMILES string of the molecule is Nc1c(Cl)cccc1NCc1cccs1. The van der Waals surface area contributed by atoms with Crippen molar-refractivity contribution in [2.45, 2.75) is 6.54 Å². The molecule has 0 atom stereocenters. The van der Waals surface area contributed by atoms with Gasteiger partial charge in [-0.05, 0) is 23.6 Å². The Morgan fingerprint density at radius 3 is 2.87 bits per heavy atom. The van der Waals surface area contributed by atoms with Gasteiger partial charge in [-0.3, -0.25) is 0 Å². The van der Waals surface area contributed by atoms with Crippen LogP contribution < -0.4 is 11.1 Å². The van der Waals surface area contributed by atoms with Crippen LogP contribution in [-0.2, 0) is 6.54 Å². The van der Waals surface area contributed by atoms with Crippen molar-refractivity contribution >= 4 is 34.3 Å². The van der Waals surface area contributed by atoms with E-state index in [2.05, 4.69) is 16.8 Å². The molecule has 0 saturated heterocycles. The van der Waals surface area contributed by atoms with Gasteiger partial charge in [0.25, 0.3) is 0 Å². The zero-order chi connectivity index (χ0) is 10.7.